The van der Waals surface area contributed by atoms with Gasteiger partial charge in [-0.15, -0.1) is 0 Å². The second kappa shape index (κ2) is 9.29. The summed E-state index contributed by atoms with van der Waals surface area (Å²) < 4.78 is 5.74. The topological polar surface area (TPSA) is 60.4 Å². The van der Waals surface area contributed by atoms with Crippen molar-refractivity contribution >= 4 is 17.9 Å². The number of Topliss-reactive ketones (excluding diaryl/α,β-unsaturated/α-hetero) is 1. The summed E-state index contributed by atoms with van der Waals surface area (Å²) in [6.07, 6.45) is 14.9. The highest BCUT2D eigenvalue weighted by molar-refractivity contribution is 5.91. The molecule has 6 atom stereocenters. The van der Waals surface area contributed by atoms with Gasteiger partial charge in [0.1, 0.15) is 12.9 Å². The first-order valence-electron chi connectivity index (χ1n) is 12.7. The Hall–Kier alpha value is -1.29. The summed E-state index contributed by atoms with van der Waals surface area (Å²) in [5.74, 6) is 2.79. The lowest BCUT2D eigenvalue weighted by atomic mass is 9.46. The number of aldehydes is 1. The first-order chi connectivity index (χ1) is 14.9. The van der Waals surface area contributed by atoms with Gasteiger partial charge in [0.15, 0.2) is 11.6 Å². The summed E-state index contributed by atoms with van der Waals surface area (Å²) in [4.78, 5) is 35.5. The molecule has 0 bridgehead atoms. The molecule has 0 N–H and O–H groups in total. The predicted octanol–water partition coefficient (Wildman–Crippen LogP) is 5.48. The maximum absolute atomic E-state index is 13.1. The van der Waals surface area contributed by atoms with Crippen molar-refractivity contribution in [1.82, 2.24) is 0 Å². The van der Waals surface area contributed by atoms with Gasteiger partial charge in [-0.25, -0.2) is 0 Å². The van der Waals surface area contributed by atoms with Crippen molar-refractivity contribution in [2.45, 2.75) is 90.9 Å². The van der Waals surface area contributed by atoms with Crippen molar-refractivity contribution in [3.63, 3.8) is 0 Å². The highest BCUT2D eigenvalue weighted by Crippen LogP contribution is 2.66. The zero-order chi connectivity index (χ0) is 22.1. The molecule has 6 unspecified atom stereocenters. The normalized spacial score (nSPS) is 39.3. The van der Waals surface area contributed by atoms with Crippen LogP contribution < -0.4 is 0 Å². The highest BCUT2D eigenvalue weighted by atomic mass is 16.5. The molecule has 0 spiro atoms. The molecule has 0 amide bonds. The van der Waals surface area contributed by atoms with Crippen LogP contribution in [-0.2, 0) is 19.1 Å². The lowest BCUT2D eigenvalue weighted by Crippen LogP contribution is -2.51. The standard InChI is InChI=1S/C27H40O4/c1-26-13-11-20(29)17-19(26)7-8-21-22-9-10-24(27(22,2)14-12-23(21)26)25(30)18-31-16-6-4-3-5-15-28/h15,17,21-24H,3-14,16,18H2,1-2H3. The van der Waals surface area contributed by atoms with Crippen molar-refractivity contribution in [1.29, 1.82) is 0 Å². The summed E-state index contributed by atoms with van der Waals surface area (Å²) in [6.45, 7) is 5.68. The Bertz CT molecular complexity index is 740. The van der Waals surface area contributed by atoms with E-state index < -0.39 is 0 Å². The molecule has 0 aromatic rings. The van der Waals surface area contributed by atoms with Crippen molar-refractivity contribution in [3.8, 4) is 0 Å². The minimum Gasteiger partial charge on any atom is -0.374 e. The van der Waals surface area contributed by atoms with Gasteiger partial charge in [-0.1, -0.05) is 25.8 Å². The van der Waals surface area contributed by atoms with Crippen LogP contribution in [-0.4, -0.2) is 31.1 Å². The van der Waals surface area contributed by atoms with Crippen LogP contribution in [0.5, 0.6) is 0 Å². The molecule has 4 aliphatic rings. The number of carbonyl (C=O) groups is 3. The molecule has 4 nitrogen and oxygen atoms in total. The van der Waals surface area contributed by atoms with Crippen LogP contribution >= 0.6 is 0 Å². The van der Waals surface area contributed by atoms with E-state index in [-0.39, 0.29) is 23.4 Å². The molecule has 3 saturated carbocycles. The fraction of sp³-hybridized carbons (Fsp3) is 0.815. The third-order valence-corrected chi connectivity index (χ3v) is 9.71. The lowest BCUT2D eigenvalue weighted by Gasteiger charge is -2.58. The van der Waals surface area contributed by atoms with Crippen LogP contribution in [0.1, 0.15) is 90.9 Å². The number of hydrogen-bond donors (Lipinski definition) is 0. The number of hydrogen-bond acceptors (Lipinski definition) is 4. The van der Waals surface area contributed by atoms with Gasteiger partial charge in [0.25, 0.3) is 0 Å². The quantitative estimate of drug-likeness (QED) is 0.360. The number of ketones is 2. The molecule has 0 aliphatic heterocycles. The van der Waals surface area contributed by atoms with Gasteiger partial charge in [0, 0.05) is 25.4 Å². The second-order valence-corrected chi connectivity index (χ2v) is 11.2. The summed E-state index contributed by atoms with van der Waals surface area (Å²) in [6, 6.07) is 0. The smallest absolute Gasteiger partial charge is 0.162 e. The number of rotatable bonds is 9. The highest BCUT2D eigenvalue weighted by Gasteiger charge is 2.59. The molecule has 4 aliphatic carbocycles. The van der Waals surface area contributed by atoms with E-state index in [1.807, 2.05) is 6.08 Å². The predicted molar refractivity (Wildman–Crippen MR) is 121 cm³/mol. The van der Waals surface area contributed by atoms with E-state index in [0.29, 0.717) is 48.8 Å². The Balaban J connectivity index is 1.36. The molecule has 3 fully saturated rings. The number of allylic oxidation sites excluding steroid dienone is 1. The van der Waals surface area contributed by atoms with E-state index >= 15 is 0 Å². The molecule has 172 valence electrons. The average molecular weight is 429 g/mol. The average Bonchev–Trinajstić information content (AvgIpc) is 3.11. The van der Waals surface area contributed by atoms with E-state index in [9.17, 15) is 14.4 Å². The monoisotopic (exact) mass is 428 g/mol. The maximum atomic E-state index is 13.1. The van der Waals surface area contributed by atoms with Crippen LogP contribution in [0.4, 0.5) is 0 Å². The summed E-state index contributed by atoms with van der Waals surface area (Å²) in [5.41, 5.74) is 1.74. The van der Waals surface area contributed by atoms with Crippen LogP contribution in [0.3, 0.4) is 0 Å². The fourth-order valence-corrected chi connectivity index (χ4v) is 7.97. The second-order valence-electron chi connectivity index (χ2n) is 11.2. The fourth-order valence-electron chi connectivity index (χ4n) is 7.97. The zero-order valence-corrected chi connectivity index (χ0v) is 19.5. The summed E-state index contributed by atoms with van der Waals surface area (Å²) in [5, 5.41) is 0. The van der Waals surface area contributed by atoms with Crippen LogP contribution in [0, 0.1) is 34.5 Å². The van der Waals surface area contributed by atoms with Crippen molar-refractivity contribution in [2.24, 2.45) is 34.5 Å². The Kier molecular flexibility index (Phi) is 6.86. The Labute approximate surface area is 187 Å². The Morgan fingerprint density at radius 2 is 1.90 bits per heavy atom. The van der Waals surface area contributed by atoms with Crippen molar-refractivity contribution in [2.75, 3.05) is 13.2 Å². The third kappa shape index (κ3) is 4.21. The minimum atomic E-state index is 0.119. The first-order valence-corrected chi connectivity index (χ1v) is 12.7. The summed E-state index contributed by atoms with van der Waals surface area (Å²) in [7, 11) is 0. The van der Waals surface area contributed by atoms with Gasteiger partial charge in [0.2, 0.25) is 0 Å². The van der Waals surface area contributed by atoms with Crippen LogP contribution in [0.15, 0.2) is 11.6 Å². The van der Waals surface area contributed by atoms with Gasteiger partial charge < -0.3 is 9.53 Å². The van der Waals surface area contributed by atoms with Crippen molar-refractivity contribution in [3.05, 3.63) is 11.6 Å². The molecule has 31 heavy (non-hydrogen) atoms. The van der Waals surface area contributed by atoms with Gasteiger partial charge in [-0.3, -0.25) is 9.59 Å². The number of fused-ring (bicyclic) bond motifs is 5. The zero-order valence-electron chi connectivity index (χ0n) is 19.5. The molecule has 4 rings (SSSR count). The van der Waals surface area contributed by atoms with Gasteiger partial charge >= 0.3 is 0 Å². The minimum absolute atomic E-state index is 0.119. The maximum Gasteiger partial charge on any atom is 0.162 e. The molecule has 0 saturated heterocycles. The SMILES string of the molecule is CC12CCC(=O)C=C1CCC1C2CCC2(C)C(C(=O)COCCCCCC=O)CCC12. The molecule has 0 heterocycles. The van der Waals surface area contributed by atoms with Gasteiger partial charge in [-0.05, 0) is 92.4 Å². The molecule has 0 aromatic heterocycles. The molecule has 4 heteroatoms. The van der Waals surface area contributed by atoms with Crippen LogP contribution in [0.2, 0.25) is 0 Å². The molecule has 0 aromatic carbocycles. The third-order valence-electron chi connectivity index (χ3n) is 9.71. The van der Waals surface area contributed by atoms with E-state index in [0.717, 1.165) is 51.2 Å². The van der Waals surface area contributed by atoms with Gasteiger partial charge in [-0.2, -0.15) is 0 Å². The van der Waals surface area contributed by atoms with E-state index in [2.05, 4.69) is 13.8 Å². The molecular formula is C27H40O4. The first kappa shape index (κ1) is 22.9. The molecule has 0 radical (unpaired) electrons. The molecular weight excluding hydrogens is 388 g/mol. The van der Waals surface area contributed by atoms with E-state index in [4.69, 9.17) is 4.74 Å². The number of unbranched alkanes of at least 4 members (excludes halogenated alkanes) is 3. The van der Waals surface area contributed by atoms with E-state index in [1.165, 1.54) is 24.8 Å². The van der Waals surface area contributed by atoms with E-state index in [1.54, 1.807) is 0 Å². The summed E-state index contributed by atoms with van der Waals surface area (Å²) >= 11 is 0. The number of ether oxygens (including phenoxy) is 1. The van der Waals surface area contributed by atoms with Crippen molar-refractivity contribution < 1.29 is 19.1 Å². The Morgan fingerprint density at radius 1 is 1.06 bits per heavy atom. The number of carbonyl (C=O) groups excluding carboxylic acids is 3. The van der Waals surface area contributed by atoms with Gasteiger partial charge in [0.05, 0.1) is 0 Å². The van der Waals surface area contributed by atoms with Crippen LogP contribution in [0.25, 0.3) is 0 Å². The largest absolute Gasteiger partial charge is 0.374 e. The Morgan fingerprint density at radius 3 is 2.71 bits per heavy atom. The lowest BCUT2D eigenvalue weighted by molar-refractivity contribution is -0.135.